The zero-order valence-electron chi connectivity index (χ0n) is 18.0. The van der Waals surface area contributed by atoms with E-state index in [1.54, 1.807) is 11.4 Å². The second kappa shape index (κ2) is 6.84. The lowest BCUT2D eigenvalue weighted by Gasteiger charge is -2.13. The van der Waals surface area contributed by atoms with E-state index in [4.69, 9.17) is 4.98 Å². The molecule has 0 radical (unpaired) electrons. The molecule has 5 rings (SSSR count). The first kappa shape index (κ1) is 19.1. The van der Waals surface area contributed by atoms with Gasteiger partial charge in [0, 0.05) is 25.9 Å². The van der Waals surface area contributed by atoms with Crippen molar-refractivity contribution in [3.63, 3.8) is 0 Å². The number of para-hydroxylation sites is 1. The summed E-state index contributed by atoms with van der Waals surface area (Å²) in [4.78, 5) is 30.2. The maximum Gasteiger partial charge on any atom is 0.332 e. The van der Waals surface area contributed by atoms with Gasteiger partial charge in [-0.1, -0.05) is 55.0 Å². The van der Waals surface area contributed by atoms with Crippen molar-refractivity contribution in [3.05, 3.63) is 86.7 Å². The van der Waals surface area contributed by atoms with Crippen molar-refractivity contribution < 1.29 is 0 Å². The van der Waals surface area contributed by atoms with Gasteiger partial charge in [0.15, 0.2) is 11.2 Å². The Hall–Kier alpha value is -3.87. The third-order valence-electron chi connectivity index (χ3n) is 5.93. The molecule has 0 amide bonds. The fraction of sp³-hybridized carbons (Fsp3) is 0.208. The zero-order chi connectivity index (χ0) is 21.9. The van der Waals surface area contributed by atoms with Gasteiger partial charge in [0.05, 0.1) is 11.4 Å². The first-order valence-electron chi connectivity index (χ1n) is 10.3. The van der Waals surface area contributed by atoms with Crippen molar-refractivity contribution in [2.75, 3.05) is 0 Å². The lowest BCUT2D eigenvalue weighted by molar-refractivity contribution is 0.708. The topological polar surface area (TPSA) is 66.2 Å². The quantitative estimate of drug-likeness (QED) is 0.456. The van der Waals surface area contributed by atoms with E-state index in [0.717, 1.165) is 27.9 Å². The van der Waals surface area contributed by atoms with Crippen molar-refractivity contribution in [3.8, 4) is 16.9 Å². The van der Waals surface area contributed by atoms with Crippen LogP contribution in [0.5, 0.6) is 0 Å². The lowest BCUT2D eigenvalue weighted by atomic mass is 10.1. The predicted molar refractivity (Wildman–Crippen MR) is 122 cm³/mol. The molecule has 2 aromatic carbocycles. The van der Waals surface area contributed by atoms with Gasteiger partial charge >= 0.3 is 5.69 Å². The molecule has 31 heavy (non-hydrogen) atoms. The minimum atomic E-state index is -0.391. The van der Waals surface area contributed by atoms with Gasteiger partial charge in [-0.3, -0.25) is 22.9 Å². The van der Waals surface area contributed by atoms with Crippen molar-refractivity contribution in [1.29, 1.82) is 0 Å². The third kappa shape index (κ3) is 2.70. The van der Waals surface area contributed by atoms with E-state index >= 15 is 0 Å². The van der Waals surface area contributed by atoms with Gasteiger partial charge in [0.1, 0.15) is 0 Å². The lowest BCUT2D eigenvalue weighted by Crippen LogP contribution is -2.37. The molecule has 3 heterocycles. The van der Waals surface area contributed by atoms with E-state index in [0.29, 0.717) is 16.9 Å². The second-order valence-corrected chi connectivity index (χ2v) is 7.86. The predicted octanol–water partition coefficient (Wildman–Crippen LogP) is 3.21. The second-order valence-electron chi connectivity index (χ2n) is 7.86. The smallest absolute Gasteiger partial charge is 0.279 e. The van der Waals surface area contributed by atoms with Crippen molar-refractivity contribution >= 4 is 16.9 Å². The van der Waals surface area contributed by atoms with Gasteiger partial charge in [-0.15, -0.1) is 0 Å². The van der Waals surface area contributed by atoms with E-state index in [2.05, 4.69) is 54.8 Å². The number of aryl methyl sites for hydroxylation is 3. The molecule has 0 saturated heterocycles. The number of imidazole rings is 2. The molecule has 7 nitrogen and oxygen atoms in total. The van der Waals surface area contributed by atoms with E-state index in [1.165, 1.54) is 22.7 Å². The Morgan fingerprint density at radius 2 is 1.65 bits per heavy atom. The summed E-state index contributed by atoms with van der Waals surface area (Å²) in [6.45, 7) is 4.17. The first-order valence-corrected chi connectivity index (χ1v) is 10.3. The van der Waals surface area contributed by atoms with Gasteiger partial charge in [0.25, 0.3) is 5.56 Å². The fourth-order valence-electron chi connectivity index (χ4n) is 4.16. The summed E-state index contributed by atoms with van der Waals surface area (Å²) in [5, 5.41) is 0. The highest BCUT2D eigenvalue weighted by molar-refractivity contribution is 5.79. The number of fused-ring (bicyclic) bond motifs is 3. The maximum absolute atomic E-state index is 13.0. The Morgan fingerprint density at radius 3 is 2.35 bits per heavy atom. The molecule has 0 aliphatic rings. The molecule has 0 unspecified atom stereocenters. The van der Waals surface area contributed by atoms with Crippen LogP contribution in [0, 0.1) is 6.92 Å². The average Bonchev–Trinajstić information content (AvgIpc) is 3.33. The van der Waals surface area contributed by atoms with Crippen LogP contribution in [0.1, 0.15) is 18.1 Å². The summed E-state index contributed by atoms with van der Waals surface area (Å²) < 4.78 is 6.43. The first-order chi connectivity index (χ1) is 14.9. The van der Waals surface area contributed by atoms with Gasteiger partial charge in [-0.25, -0.2) is 4.79 Å². The maximum atomic E-state index is 13.0. The summed E-state index contributed by atoms with van der Waals surface area (Å²) in [5.41, 5.74) is 5.32. The monoisotopic (exact) mass is 413 g/mol. The molecule has 5 aromatic rings. The van der Waals surface area contributed by atoms with Gasteiger partial charge in [0.2, 0.25) is 5.78 Å². The van der Waals surface area contributed by atoms with Gasteiger partial charge < -0.3 is 0 Å². The Labute approximate surface area is 178 Å². The summed E-state index contributed by atoms with van der Waals surface area (Å²) in [6.07, 6.45) is 2.79. The molecule has 0 bridgehead atoms. The summed E-state index contributed by atoms with van der Waals surface area (Å²) in [7, 11) is 3.13. The van der Waals surface area contributed by atoms with E-state index in [-0.39, 0.29) is 5.56 Å². The number of nitrogens with zero attached hydrogens (tertiary/aromatic N) is 5. The Morgan fingerprint density at radius 1 is 0.935 bits per heavy atom. The van der Waals surface area contributed by atoms with Crippen LogP contribution in [0.2, 0.25) is 0 Å². The standard InChI is InChI=1S/C24H23N5O2/c1-5-16-8-6-7-9-18(16)29-19(17-12-10-15(2)11-13-17)14-28-20-21(25-23(28)29)26(3)24(31)27(4)22(20)30/h6-14H,5H2,1-4H3. The molecular formula is C24H23N5O2. The summed E-state index contributed by atoms with van der Waals surface area (Å²) in [5.74, 6) is 0.602. The minimum Gasteiger partial charge on any atom is -0.279 e. The van der Waals surface area contributed by atoms with Crippen LogP contribution in [0.15, 0.2) is 64.3 Å². The minimum absolute atomic E-state index is 0.359. The van der Waals surface area contributed by atoms with E-state index < -0.39 is 5.69 Å². The van der Waals surface area contributed by atoms with Crippen LogP contribution in [-0.4, -0.2) is 23.1 Å². The Bertz CT molecular complexity index is 1580. The molecule has 156 valence electrons. The van der Waals surface area contributed by atoms with E-state index in [1.807, 2.05) is 18.3 Å². The fourth-order valence-corrected chi connectivity index (χ4v) is 4.16. The molecule has 0 fully saturated rings. The zero-order valence-corrected chi connectivity index (χ0v) is 18.0. The highest BCUT2D eigenvalue weighted by atomic mass is 16.2. The molecule has 0 N–H and O–H groups in total. The highest BCUT2D eigenvalue weighted by Gasteiger charge is 2.22. The van der Waals surface area contributed by atoms with Crippen LogP contribution in [0.3, 0.4) is 0 Å². The van der Waals surface area contributed by atoms with Crippen LogP contribution in [0.4, 0.5) is 0 Å². The number of aromatic nitrogens is 5. The van der Waals surface area contributed by atoms with Crippen molar-refractivity contribution in [2.45, 2.75) is 20.3 Å². The molecule has 0 spiro atoms. The average molecular weight is 413 g/mol. The van der Waals surface area contributed by atoms with Crippen LogP contribution < -0.4 is 11.2 Å². The molecule has 0 aliphatic carbocycles. The van der Waals surface area contributed by atoms with Gasteiger partial charge in [-0.05, 0) is 25.0 Å². The summed E-state index contributed by atoms with van der Waals surface area (Å²) >= 11 is 0. The molecule has 0 saturated carbocycles. The molecule has 3 aromatic heterocycles. The number of hydrogen-bond donors (Lipinski definition) is 0. The van der Waals surface area contributed by atoms with Crippen molar-refractivity contribution in [2.24, 2.45) is 14.1 Å². The Kier molecular flexibility index (Phi) is 4.22. The number of hydrogen-bond acceptors (Lipinski definition) is 3. The third-order valence-corrected chi connectivity index (χ3v) is 5.93. The molecule has 0 atom stereocenters. The number of benzene rings is 2. The van der Waals surface area contributed by atoms with Crippen LogP contribution in [0.25, 0.3) is 33.9 Å². The normalized spacial score (nSPS) is 11.6. The van der Waals surface area contributed by atoms with Crippen LogP contribution in [-0.2, 0) is 20.5 Å². The molecule has 0 aliphatic heterocycles. The summed E-state index contributed by atoms with van der Waals surface area (Å²) in [6, 6.07) is 16.5. The van der Waals surface area contributed by atoms with Crippen molar-refractivity contribution in [1.82, 2.24) is 23.1 Å². The van der Waals surface area contributed by atoms with E-state index in [9.17, 15) is 9.59 Å². The number of rotatable bonds is 3. The van der Waals surface area contributed by atoms with Crippen LogP contribution >= 0.6 is 0 Å². The molecular weight excluding hydrogens is 390 g/mol. The largest absolute Gasteiger partial charge is 0.332 e. The van der Waals surface area contributed by atoms with Gasteiger partial charge in [-0.2, -0.15) is 4.98 Å². The Balaban J connectivity index is 1.98. The SMILES string of the molecule is CCc1ccccc1-n1c(-c2ccc(C)cc2)cn2c3c(=O)n(C)c(=O)n(C)c3nc12. The highest BCUT2D eigenvalue weighted by Crippen LogP contribution is 2.30. The molecule has 7 heteroatoms.